The van der Waals surface area contributed by atoms with Gasteiger partial charge in [-0.15, -0.1) is 0 Å². The van der Waals surface area contributed by atoms with Gasteiger partial charge in [-0.05, 0) is 24.5 Å². The molecular weight excluding hydrogens is 244 g/mol. The number of hydrogen-bond donors (Lipinski definition) is 2. The summed E-state index contributed by atoms with van der Waals surface area (Å²) in [5.74, 6) is 0.731. The van der Waals surface area contributed by atoms with Crippen molar-refractivity contribution in [2.45, 2.75) is 26.8 Å². The molecule has 0 bridgehead atoms. The van der Waals surface area contributed by atoms with Crippen LogP contribution in [0.4, 0.5) is 0 Å². The molecule has 0 aromatic carbocycles. The second-order valence-corrected chi connectivity index (χ2v) is 5.38. The number of amides is 2. The third-order valence-corrected chi connectivity index (χ3v) is 3.17. The summed E-state index contributed by atoms with van der Waals surface area (Å²) in [6.45, 7) is 5.13. The molecule has 0 spiro atoms. The van der Waals surface area contributed by atoms with E-state index < -0.39 is 0 Å². The van der Waals surface area contributed by atoms with Crippen LogP contribution in [-0.2, 0) is 16.1 Å². The number of hydrogen-bond acceptors (Lipinski definition) is 3. The highest BCUT2D eigenvalue weighted by Gasteiger charge is 2.47. The normalized spacial score (nSPS) is 21.2. The third kappa shape index (κ3) is 3.84. The van der Waals surface area contributed by atoms with Gasteiger partial charge in [0.2, 0.25) is 11.8 Å². The van der Waals surface area contributed by atoms with Crippen molar-refractivity contribution in [2.24, 2.45) is 17.8 Å². The molecule has 5 nitrogen and oxygen atoms in total. The lowest BCUT2D eigenvalue weighted by Crippen LogP contribution is -2.31. The van der Waals surface area contributed by atoms with E-state index in [1.54, 1.807) is 18.4 Å². The average Bonchev–Trinajstić information content (AvgIpc) is 3.01. The van der Waals surface area contributed by atoms with Crippen molar-refractivity contribution in [1.82, 2.24) is 10.6 Å². The van der Waals surface area contributed by atoms with Gasteiger partial charge in [-0.2, -0.15) is 0 Å². The van der Waals surface area contributed by atoms with E-state index in [1.165, 1.54) is 0 Å². The van der Waals surface area contributed by atoms with Crippen molar-refractivity contribution >= 4 is 11.8 Å². The lowest BCUT2D eigenvalue weighted by atomic mass is 10.2. The summed E-state index contributed by atoms with van der Waals surface area (Å²) in [5.41, 5.74) is 0. The third-order valence-electron chi connectivity index (χ3n) is 3.17. The minimum Gasteiger partial charge on any atom is -0.467 e. The Bertz CT molecular complexity index is 440. The monoisotopic (exact) mass is 264 g/mol. The quantitative estimate of drug-likeness (QED) is 0.813. The fourth-order valence-electron chi connectivity index (χ4n) is 1.93. The molecule has 0 saturated heterocycles. The maximum absolute atomic E-state index is 11.8. The fourth-order valence-corrected chi connectivity index (χ4v) is 1.93. The zero-order chi connectivity index (χ0) is 13.8. The van der Waals surface area contributed by atoms with Crippen LogP contribution in [0, 0.1) is 17.8 Å². The molecule has 1 aliphatic rings. The Morgan fingerprint density at radius 2 is 2.00 bits per heavy atom. The molecule has 1 aliphatic carbocycles. The van der Waals surface area contributed by atoms with E-state index in [0.717, 1.165) is 5.76 Å². The van der Waals surface area contributed by atoms with E-state index in [1.807, 2.05) is 13.8 Å². The van der Waals surface area contributed by atoms with Gasteiger partial charge < -0.3 is 15.1 Å². The molecule has 2 amide bonds. The van der Waals surface area contributed by atoms with E-state index in [2.05, 4.69) is 10.6 Å². The molecule has 1 fully saturated rings. The van der Waals surface area contributed by atoms with Crippen molar-refractivity contribution in [3.05, 3.63) is 24.2 Å². The van der Waals surface area contributed by atoms with E-state index in [9.17, 15) is 9.59 Å². The van der Waals surface area contributed by atoms with Crippen LogP contribution in [-0.4, -0.2) is 18.4 Å². The SMILES string of the molecule is CC(C)CNC(=O)C1CC1C(=O)NCc1ccco1. The predicted octanol–water partition coefficient (Wildman–Crippen LogP) is 1.30. The Hall–Kier alpha value is -1.78. The molecule has 2 atom stereocenters. The van der Waals surface area contributed by atoms with Gasteiger partial charge >= 0.3 is 0 Å². The van der Waals surface area contributed by atoms with Crippen molar-refractivity contribution < 1.29 is 14.0 Å². The minimum atomic E-state index is -0.179. The zero-order valence-corrected chi connectivity index (χ0v) is 11.3. The molecule has 1 saturated carbocycles. The lowest BCUT2D eigenvalue weighted by molar-refractivity contribution is -0.127. The molecule has 19 heavy (non-hydrogen) atoms. The molecule has 1 heterocycles. The van der Waals surface area contributed by atoms with Crippen molar-refractivity contribution in [2.75, 3.05) is 6.54 Å². The maximum atomic E-state index is 11.8. The van der Waals surface area contributed by atoms with Crippen molar-refractivity contribution in [1.29, 1.82) is 0 Å². The molecule has 5 heteroatoms. The smallest absolute Gasteiger partial charge is 0.224 e. The summed E-state index contributed by atoms with van der Waals surface area (Å²) >= 11 is 0. The van der Waals surface area contributed by atoms with Crippen LogP contribution in [0.5, 0.6) is 0 Å². The number of carbonyl (C=O) groups is 2. The Morgan fingerprint density at radius 1 is 1.32 bits per heavy atom. The van der Waals surface area contributed by atoms with Crippen molar-refractivity contribution in [3.8, 4) is 0 Å². The van der Waals surface area contributed by atoms with Gasteiger partial charge in [0.25, 0.3) is 0 Å². The number of rotatable bonds is 6. The molecule has 1 aromatic rings. The van der Waals surface area contributed by atoms with Crippen LogP contribution in [0.1, 0.15) is 26.0 Å². The summed E-state index contributed by atoms with van der Waals surface area (Å²) in [5, 5.41) is 5.65. The van der Waals surface area contributed by atoms with E-state index in [0.29, 0.717) is 25.4 Å². The minimum absolute atomic E-state index is 0.00755. The van der Waals surface area contributed by atoms with Gasteiger partial charge in [0.05, 0.1) is 24.6 Å². The number of furan rings is 1. The van der Waals surface area contributed by atoms with Gasteiger partial charge in [0.1, 0.15) is 5.76 Å². The maximum Gasteiger partial charge on any atom is 0.224 e. The van der Waals surface area contributed by atoms with Crippen LogP contribution in [0.25, 0.3) is 0 Å². The highest BCUT2D eigenvalue weighted by Crippen LogP contribution is 2.38. The second kappa shape index (κ2) is 5.91. The van der Waals surface area contributed by atoms with Gasteiger partial charge in [-0.25, -0.2) is 0 Å². The Balaban J connectivity index is 1.70. The van der Waals surface area contributed by atoms with Crippen LogP contribution in [0.2, 0.25) is 0 Å². The predicted molar refractivity (Wildman–Crippen MR) is 70.0 cm³/mol. The first kappa shape index (κ1) is 13.6. The molecule has 104 valence electrons. The molecule has 0 radical (unpaired) electrons. The molecule has 1 aromatic heterocycles. The topological polar surface area (TPSA) is 71.3 Å². The first-order valence-electron chi connectivity index (χ1n) is 6.65. The summed E-state index contributed by atoms with van der Waals surface area (Å²) < 4.78 is 5.13. The first-order chi connectivity index (χ1) is 9.08. The fraction of sp³-hybridized carbons (Fsp3) is 0.571. The molecule has 0 aliphatic heterocycles. The van der Waals surface area contributed by atoms with Crippen molar-refractivity contribution in [3.63, 3.8) is 0 Å². The highest BCUT2D eigenvalue weighted by atomic mass is 16.3. The molecule has 2 unspecified atom stereocenters. The highest BCUT2D eigenvalue weighted by molar-refractivity contribution is 5.92. The van der Waals surface area contributed by atoms with Crippen LogP contribution >= 0.6 is 0 Å². The Kier molecular flexibility index (Phi) is 4.24. The summed E-state index contributed by atoms with van der Waals surface area (Å²) in [7, 11) is 0. The van der Waals surface area contributed by atoms with Gasteiger partial charge in [0, 0.05) is 6.54 Å². The summed E-state index contributed by atoms with van der Waals surface area (Å²) in [6, 6.07) is 3.58. The Morgan fingerprint density at radius 3 is 2.58 bits per heavy atom. The number of carbonyl (C=O) groups excluding carboxylic acids is 2. The largest absolute Gasteiger partial charge is 0.467 e. The van der Waals surface area contributed by atoms with Gasteiger partial charge in [-0.3, -0.25) is 9.59 Å². The van der Waals surface area contributed by atoms with Crippen LogP contribution in [0.15, 0.2) is 22.8 Å². The van der Waals surface area contributed by atoms with Crippen LogP contribution < -0.4 is 10.6 Å². The second-order valence-electron chi connectivity index (χ2n) is 5.38. The first-order valence-corrected chi connectivity index (χ1v) is 6.65. The van der Waals surface area contributed by atoms with E-state index in [-0.39, 0.29) is 23.7 Å². The van der Waals surface area contributed by atoms with E-state index >= 15 is 0 Å². The molecule has 2 N–H and O–H groups in total. The van der Waals surface area contributed by atoms with E-state index in [4.69, 9.17) is 4.42 Å². The standard InChI is InChI=1S/C14H20N2O3/c1-9(2)7-15-13(17)11-6-12(11)14(18)16-8-10-4-3-5-19-10/h3-5,9,11-12H,6-8H2,1-2H3,(H,15,17)(H,16,18). The molecular formula is C14H20N2O3. The van der Waals surface area contributed by atoms with Gasteiger partial charge in [-0.1, -0.05) is 13.8 Å². The number of nitrogens with one attached hydrogen (secondary N) is 2. The van der Waals surface area contributed by atoms with Crippen LogP contribution in [0.3, 0.4) is 0 Å². The molecule has 2 rings (SSSR count). The lowest BCUT2D eigenvalue weighted by Gasteiger charge is -2.07. The Labute approximate surface area is 112 Å². The average molecular weight is 264 g/mol. The summed E-state index contributed by atoms with van der Waals surface area (Å²) in [6.07, 6.45) is 2.22. The van der Waals surface area contributed by atoms with Gasteiger partial charge in [0.15, 0.2) is 0 Å². The zero-order valence-electron chi connectivity index (χ0n) is 11.3. The summed E-state index contributed by atoms with van der Waals surface area (Å²) in [4.78, 5) is 23.6.